The number of carbonyl (C=O) groups is 1. The zero-order valence-electron chi connectivity index (χ0n) is 13.2. The molecule has 0 heterocycles. The van der Waals surface area contributed by atoms with Gasteiger partial charge in [-0.2, -0.15) is 0 Å². The number of hydrogen-bond donors (Lipinski definition) is 1. The minimum Gasteiger partial charge on any atom is -0.496 e. The lowest BCUT2D eigenvalue weighted by atomic mass is 10.1. The van der Waals surface area contributed by atoms with Crippen molar-refractivity contribution in [3.63, 3.8) is 0 Å². The van der Waals surface area contributed by atoms with Gasteiger partial charge >= 0.3 is 0 Å². The van der Waals surface area contributed by atoms with Gasteiger partial charge in [0, 0.05) is 0 Å². The van der Waals surface area contributed by atoms with Crippen LogP contribution in [-0.2, 0) is 0 Å². The van der Waals surface area contributed by atoms with Gasteiger partial charge in [-0.15, -0.1) is 0 Å². The number of hydrogen-bond acceptors (Lipinski definition) is 3. The summed E-state index contributed by atoms with van der Waals surface area (Å²) in [6.45, 7) is 4.91. The van der Waals surface area contributed by atoms with Gasteiger partial charge in [0.25, 0.3) is 5.91 Å². The highest BCUT2D eigenvalue weighted by Crippen LogP contribution is 2.19. The quantitative estimate of drug-likeness (QED) is 0.834. The average molecular weight is 299 g/mol. The SMILES string of the molecule is COc1ccccc1C(=O)NCCOc1ccc(C)cc1C. The molecule has 1 amide bonds. The fourth-order valence-electron chi connectivity index (χ4n) is 2.21. The number of methoxy groups -OCH3 is 1. The maximum atomic E-state index is 12.1. The topological polar surface area (TPSA) is 47.6 Å². The normalized spacial score (nSPS) is 10.1. The molecule has 2 rings (SSSR count). The Bertz CT molecular complexity index is 653. The Hall–Kier alpha value is -2.49. The van der Waals surface area contributed by atoms with E-state index in [-0.39, 0.29) is 5.91 Å². The molecule has 2 aromatic carbocycles. The summed E-state index contributed by atoms with van der Waals surface area (Å²) in [6, 6.07) is 13.2. The lowest BCUT2D eigenvalue weighted by Crippen LogP contribution is -2.28. The minimum absolute atomic E-state index is 0.165. The molecule has 0 radical (unpaired) electrons. The lowest BCUT2D eigenvalue weighted by molar-refractivity contribution is 0.0944. The van der Waals surface area contributed by atoms with Crippen LogP contribution >= 0.6 is 0 Å². The van der Waals surface area contributed by atoms with Crippen molar-refractivity contribution in [1.82, 2.24) is 5.32 Å². The van der Waals surface area contributed by atoms with E-state index < -0.39 is 0 Å². The van der Waals surface area contributed by atoms with Gasteiger partial charge in [-0.05, 0) is 37.6 Å². The Kier molecular flexibility index (Phi) is 5.42. The smallest absolute Gasteiger partial charge is 0.255 e. The van der Waals surface area contributed by atoms with Crippen LogP contribution in [0.15, 0.2) is 42.5 Å². The van der Waals surface area contributed by atoms with Crippen molar-refractivity contribution in [2.45, 2.75) is 13.8 Å². The first kappa shape index (κ1) is 15.9. The Balaban J connectivity index is 1.84. The van der Waals surface area contributed by atoms with Crippen molar-refractivity contribution in [2.75, 3.05) is 20.3 Å². The van der Waals surface area contributed by atoms with Crippen LogP contribution in [0.4, 0.5) is 0 Å². The van der Waals surface area contributed by atoms with Crippen molar-refractivity contribution in [2.24, 2.45) is 0 Å². The summed E-state index contributed by atoms with van der Waals surface area (Å²) in [7, 11) is 1.55. The van der Waals surface area contributed by atoms with Crippen molar-refractivity contribution < 1.29 is 14.3 Å². The number of para-hydroxylation sites is 1. The lowest BCUT2D eigenvalue weighted by Gasteiger charge is -2.11. The number of carbonyl (C=O) groups excluding carboxylic acids is 1. The van der Waals surface area contributed by atoms with Crippen LogP contribution in [0.2, 0.25) is 0 Å². The standard InChI is InChI=1S/C18H21NO3/c1-13-8-9-16(14(2)12-13)22-11-10-19-18(20)15-6-4-5-7-17(15)21-3/h4-9,12H,10-11H2,1-3H3,(H,19,20). The third-order valence-corrected chi connectivity index (χ3v) is 3.33. The molecule has 0 bridgehead atoms. The van der Waals surface area contributed by atoms with Crippen molar-refractivity contribution in [3.05, 3.63) is 59.2 Å². The third kappa shape index (κ3) is 4.01. The Labute approximate surface area is 131 Å². The fraction of sp³-hybridized carbons (Fsp3) is 0.278. The van der Waals surface area contributed by atoms with Crippen LogP contribution in [0.5, 0.6) is 11.5 Å². The molecule has 0 aliphatic rings. The highest BCUT2D eigenvalue weighted by molar-refractivity contribution is 5.96. The molecule has 0 atom stereocenters. The molecule has 0 spiro atoms. The summed E-state index contributed by atoms with van der Waals surface area (Å²) in [5.41, 5.74) is 2.82. The zero-order chi connectivity index (χ0) is 15.9. The van der Waals surface area contributed by atoms with Gasteiger partial charge in [0.05, 0.1) is 19.2 Å². The largest absolute Gasteiger partial charge is 0.496 e. The highest BCUT2D eigenvalue weighted by Gasteiger charge is 2.10. The molecule has 0 saturated heterocycles. The summed E-state index contributed by atoms with van der Waals surface area (Å²) >= 11 is 0. The number of benzene rings is 2. The molecule has 0 aliphatic carbocycles. The minimum atomic E-state index is -0.165. The van der Waals surface area contributed by atoms with Crippen LogP contribution in [0.3, 0.4) is 0 Å². The first-order chi connectivity index (χ1) is 10.6. The number of amides is 1. The maximum Gasteiger partial charge on any atom is 0.255 e. The molecule has 4 nitrogen and oxygen atoms in total. The molecular weight excluding hydrogens is 278 g/mol. The number of nitrogens with one attached hydrogen (secondary N) is 1. The Morgan fingerprint density at radius 2 is 1.86 bits per heavy atom. The predicted octanol–water partition coefficient (Wildman–Crippen LogP) is 3.12. The second-order valence-corrected chi connectivity index (χ2v) is 5.07. The Morgan fingerprint density at radius 1 is 1.09 bits per heavy atom. The molecule has 0 aliphatic heterocycles. The first-order valence-corrected chi connectivity index (χ1v) is 7.23. The number of rotatable bonds is 6. The molecule has 116 valence electrons. The second-order valence-electron chi connectivity index (χ2n) is 5.07. The van der Waals surface area contributed by atoms with Crippen LogP contribution in [0, 0.1) is 13.8 Å². The molecule has 0 saturated carbocycles. The van der Waals surface area contributed by atoms with E-state index in [4.69, 9.17) is 9.47 Å². The summed E-state index contributed by atoms with van der Waals surface area (Å²) in [5, 5.41) is 2.83. The van der Waals surface area contributed by atoms with Gasteiger partial charge in [-0.3, -0.25) is 4.79 Å². The molecule has 22 heavy (non-hydrogen) atoms. The monoisotopic (exact) mass is 299 g/mol. The Morgan fingerprint density at radius 3 is 2.59 bits per heavy atom. The molecule has 2 aromatic rings. The highest BCUT2D eigenvalue weighted by atomic mass is 16.5. The van der Waals surface area contributed by atoms with Crippen LogP contribution < -0.4 is 14.8 Å². The van der Waals surface area contributed by atoms with E-state index in [2.05, 4.69) is 11.4 Å². The molecule has 0 fully saturated rings. The molecule has 1 N–H and O–H groups in total. The van der Waals surface area contributed by atoms with Gasteiger partial charge in [0.15, 0.2) is 0 Å². The van der Waals surface area contributed by atoms with E-state index in [1.165, 1.54) is 5.56 Å². The van der Waals surface area contributed by atoms with E-state index in [9.17, 15) is 4.79 Å². The van der Waals surface area contributed by atoms with Crippen LogP contribution in [0.25, 0.3) is 0 Å². The van der Waals surface area contributed by atoms with Gasteiger partial charge in [0.1, 0.15) is 18.1 Å². The molecule has 0 unspecified atom stereocenters. The summed E-state index contributed by atoms with van der Waals surface area (Å²) in [5.74, 6) is 1.24. The van der Waals surface area contributed by atoms with E-state index >= 15 is 0 Å². The molecular formula is C18H21NO3. The van der Waals surface area contributed by atoms with Crippen LogP contribution in [-0.4, -0.2) is 26.2 Å². The van der Waals surface area contributed by atoms with Crippen molar-refractivity contribution in [1.29, 1.82) is 0 Å². The molecule has 4 heteroatoms. The van der Waals surface area contributed by atoms with Gasteiger partial charge in [0.2, 0.25) is 0 Å². The maximum absolute atomic E-state index is 12.1. The molecule has 0 aromatic heterocycles. The summed E-state index contributed by atoms with van der Waals surface area (Å²) in [6.07, 6.45) is 0. The van der Waals surface area contributed by atoms with E-state index in [0.717, 1.165) is 11.3 Å². The zero-order valence-corrected chi connectivity index (χ0v) is 13.2. The summed E-state index contributed by atoms with van der Waals surface area (Å²) < 4.78 is 10.9. The van der Waals surface area contributed by atoms with Crippen molar-refractivity contribution in [3.8, 4) is 11.5 Å². The predicted molar refractivity (Wildman–Crippen MR) is 86.7 cm³/mol. The fourth-order valence-corrected chi connectivity index (χ4v) is 2.21. The van der Waals surface area contributed by atoms with Crippen LogP contribution in [0.1, 0.15) is 21.5 Å². The van der Waals surface area contributed by atoms with Gasteiger partial charge < -0.3 is 14.8 Å². The van der Waals surface area contributed by atoms with E-state index in [1.54, 1.807) is 19.2 Å². The number of aryl methyl sites for hydroxylation is 2. The van der Waals surface area contributed by atoms with Gasteiger partial charge in [-0.1, -0.05) is 29.8 Å². The average Bonchev–Trinajstić information content (AvgIpc) is 2.53. The van der Waals surface area contributed by atoms with E-state index in [0.29, 0.717) is 24.5 Å². The third-order valence-electron chi connectivity index (χ3n) is 3.33. The first-order valence-electron chi connectivity index (χ1n) is 7.23. The van der Waals surface area contributed by atoms with Crippen molar-refractivity contribution >= 4 is 5.91 Å². The second kappa shape index (κ2) is 7.50. The van der Waals surface area contributed by atoms with E-state index in [1.807, 2.05) is 38.1 Å². The van der Waals surface area contributed by atoms with Gasteiger partial charge in [-0.25, -0.2) is 0 Å². The number of ether oxygens (including phenoxy) is 2. The summed E-state index contributed by atoms with van der Waals surface area (Å²) in [4.78, 5) is 12.1.